The number of hydrogen-bond donors (Lipinski definition) is 3. The molecule has 0 spiro atoms. The van der Waals surface area contributed by atoms with E-state index >= 15 is 0 Å². The predicted octanol–water partition coefficient (Wildman–Crippen LogP) is 2.92. The molecule has 0 bridgehead atoms. The molecule has 0 fully saturated rings. The first-order valence-corrected chi connectivity index (χ1v) is 9.66. The van der Waals surface area contributed by atoms with Crippen molar-refractivity contribution < 1.29 is 19.4 Å². The van der Waals surface area contributed by atoms with Crippen molar-refractivity contribution in [1.82, 2.24) is 5.32 Å². The maximum Gasteiger partial charge on any atom is 0.249 e. The Morgan fingerprint density at radius 1 is 0.967 bits per heavy atom. The zero-order valence-electron chi connectivity index (χ0n) is 16.5. The van der Waals surface area contributed by atoms with Crippen LogP contribution < -0.4 is 15.4 Å². The minimum atomic E-state index is -1.08. The van der Waals surface area contributed by atoms with Gasteiger partial charge in [-0.25, -0.2) is 0 Å². The van der Waals surface area contributed by atoms with Crippen LogP contribution in [0.4, 0.5) is 5.69 Å². The van der Waals surface area contributed by atoms with Crippen molar-refractivity contribution >= 4 is 17.5 Å². The van der Waals surface area contributed by atoms with Gasteiger partial charge < -0.3 is 20.5 Å². The number of aliphatic hydroxyl groups excluding tert-OH is 1. The molecule has 6 nitrogen and oxygen atoms in total. The average molecular weight is 402 g/mol. The van der Waals surface area contributed by atoms with E-state index in [-0.39, 0.29) is 5.91 Å². The first-order valence-electron chi connectivity index (χ1n) is 9.66. The van der Waals surface area contributed by atoms with Gasteiger partial charge in [-0.2, -0.15) is 0 Å². The van der Waals surface area contributed by atoms with E-state index in [4.69, 9.17) is 4.74 Å². The Balaban J connectivity index is 1.54. The number of carbonyl (C=O) groups excluding carboxylic acids is 2. The SMILES string of the molecule is COc1cccc(NC(=O)[C@H](CO)NC(=O)C2c3ccccc3-c3ccccc32)c1. The number of nitrogens with one attached hydrogen (secondary N) is 2. The minimum Gasteiger partial charge on any atom is -0.497 e. The molecule has 0 aliphatic heterocycles. The molecule has 0 saturated carbocycles. The summed E-state index contributed by atoms with van der Waals surface area (Å²) in [5, 5.41) is 15.2. The molecule has 152 valence electrons. The summed E-state index contributed by atoms with van der Waals surface area (Å²) in [7, 11) is 1.54. The number of amides is 2. The first kappa shape index (κ1) is 19.7. The lowest BCUT2D eigenvalue weighted by Gasteiger charge is -2.20. The van der Waals surface area contributed by atoms with E-state index in [0.29, 0.717) is 11.4 Å². The van der Waals surface area contributed by atoms with Gasteiger partial charge in [0.2, 0.25) is 11.8 Å². The first-order chi connectivity index (χ1) is 14.6. The van der Waals surface area contributed by atoms with Crippen molar-refractivity contribution in [2.75, 3.05) is 19.0 Å². The van der Waals surface area contributed by atoms with Crippen molar-refractivity contribution in [2.45, 2.75) is 12.0 Å². The molecule has 30 heavy (non-hydrogen) atoms. The van der Waals surface area contributed by atoms with Gasteiger partial charge in [-0.3, -0.25) is 9.59 Å². The molecule has 1 aliphatic rings. The molecule has 0 heterocycles. The van der Waals surface area contributed by atoms with E-state index in [0.717, 1.165) is 22.3 Å². The molecule has 3 aromatic carbocycles. The number of methoxy groups -OCH3 is 1. The van der Waals surface area contributed by atoms with Crippen LogP contribution in [-0.4, -0.2) is 36.7 Å². The van der Waals surface area contributed by atoms with Crippen molar-refractivity contribution in [2.24, 2.45) is 0 Å². The van der Waals surface area contributed by atoms with Gasteiger partial charge in [0.25, 0.3) is 0 Å². The van der Waals surface area contributed by atoms with Gasteiger partial charge in [-0.15, -0.1) is 0 Å². The quantitative estimate of drug-likeness (QED) is 0.592. The zero-order valence-corrected chi connectivity index (χ0v) is 16.5. The molecule has 0 saturated heterocycles. The van der Waals surface area contributed by atoms with Crippen LogP contribution in [0.25, 0.3) is 11.1 Å². The number of ether oxygens (including phenoxy) is 1. The lowest BCUT2D eigenvalue weighted by molar-refractivity contribution is -0.127. The maximum absolute atomic E-state index is 13.2. The van der Waals surface area contributed by atoms with Crippen molar-refractivity contribution in [3.8, 4) is 16.9 Å². The van der Waals surface area contributed by atoms with Crippen LogP contribution in [0.5, 0.6) is 5.75 Å². The van der Waals surface area contributed by atoms with Crippen LogP contribution in [0.2, 0.25) is 0 Å². The highest BCUT2D eigenvalue weighted by atomic mass is 16.5. The van der Waals surface area contributed by atoms with Crippen molar-refractivity contribution in [3.63, 3.8) is 0 Å². The number of rotatable bonds is 6. The third-order valence-electron chi connectivity index (χ3n) is 5.25. The zero-order chi connectivity index (χ0) is 21.1. The molecule has 1 aliphatic carbocycles. The van der Waals surface area contributed by atoms with E-state index in [9.17, 15) is 14.7 Å². The van der Waals surface area contributed by atoms with Gasteiger partial charge >= 0.3 is 0 Å². The molecule has 3 aromatic rings. The second-order valence-electron chi connectivity index (χ2n) is 7.07. The standard InChI is InChI=1S/C24H22N2O4/c1-30-16-8-6-7-15(13-16)25-23(28)21(14-27)26-24(29)22-19-11-4-2-9-17(19)18-10-3-5-12-20(18)22/h2-13,21-22,27H,14H2,1H3,(H,25,28)(H,26,29)/t21-/m0/s1. The Morgan fingerprint density at radius 2 is 1.60 bits per heavy atom. The fraction of sp³-hybridized carbons (Fsp3) is 0.167. The van der Waals surface area contributed by atoms with E-state index < -0.39 is 24.5 Å². The number of carbonyl (C=O) groups is 2. The highest BCUT2D eigenvalue weighted by Crippen LogP contribution is 2.44. The lowest BCUT2D eigenvalue weighted by atomic mass is 9.95. The van der Waals surface area contributed by atoms with Gasteiger partial charge in [0.05, 0.1) is 19.6 Å². The minimum absolute atomic E-state index is 0.327. The smallest absolute Gasteiger partial charge is 0.249 e. The van der Waals surface area contributed by atoms with Crippen LogP contribution in [0.1, 0.15) is 17.0 Å². The van der Waals surface area contributed by atoms with Crippen LogP contribution in [0, 0.1) is 0 Å². The monoisotopic (exact) mass is 402 g/mol. The van der Waals surface area contributed by atoms with Gasteiger partial charge in [-0.05, 0) is 34.4 Å². The lowest BCUT2D eigenvalue weighted by Crippen LogP contribution is -2.47. The summed E-state index contributed by atoms with van der Waals surface area (Å²) >= 11 is 0. The number of benzene rings is 3. The van der Waals surface area contributed by atoms with E-state index in [1.54, 1.807) is 24.3 Å². The maximum atomic E-state index is 13.2. The fourth-order valence-electron chi connectivity index (χ4n) is 3.82. The topological polar surface area (TPSA) is 87.7 Å². The molecular weight excluding hydrogens is 380 g/mol. The third-order valence-corrected chi connectivity index (χ3v) is 5.25. The molecule has 1 atom stereocenters. The molecule has 3 N–H and O–H groups in total. The van der Waals surface area contributed by atoms with E-state index in [1.165, 1.54) is 7.11 Å². The van der Waals surface area contributed by atoms with E-state index in [2.05, 4.69) is 10.6 Å². The average Bonchev–Trinajstić information content (AvgIpc) is 3.12. The summed E-state index contributed by atoms with van der Waals surface area (Å²) in [6.07, 6.45) is 0. The largest absolute Gasteiger partial charge is 0.497 e. The molecular formula is C24H22N2O4. The molecule has 0 aromatic heterocycles. The number of fused-ring (bicyclic) bond motifs is 3. The van der Waals surface area contributed by atoms with Gasteiger partial charge in [0, 0.05) is 11.8 Å². The van der Waals surface area contributed by atoms with Crippen LogP contribution in [0.15, 0.2) is 72.8 Å². The summed E-state index contributed by atoms with van der Waals surface area (Å²) in [6.45, 7) is -0.516. The summed E-state index contributed by atoms with van der Waals surface area (Å²) in [6, 6.07) is 21.3. The van der Waals surface area contributed by atoms with E-state index in [1.807, 2.05) is 48.5 Å². The summed E-state index contributed by atoms with van der Waals surface area (Å²) < 4.78 is 5.15. The molecule has 4 rings (SSSR count). The van der Waals surface area contributed by atoms with Crippen LogP contribution >= 0.6 is 0 Å². The Morgan fingerprint density at radius 3 is 2.20 bits per heavy atom. The van der Waals surface area contributed by atoms with Crippen molar-refractivity contribution in [3.05, 3.63) is 83.9 Å². The Labute approximate surface area is 174 Å². The second kappa shape index (κ2) is 8.39. The van der Waals surface area contributed by atoms with Gasteiger partial charge in [-0.1, -0.05) is 54.6 Å². The Kier molecular flexibility index (Phi) is 5.50. The Hall–Kier alpha value is -3.64. The molecule has 0 radical (unpaired) electrons. The number of hydrogen-bond acceptors (Lipinski definition) is 4. The highest BCUT2D eigenvalue weighted by Gasteiger charge is 2.35. The van der Waals surface area contributed by atoms with Gasteiger partial charge in [0.1, 0.15) is 11.8 Å². The highest BCUT2D eigenvalue weighted by molar-refractivity contribution is 6.01. The van der Waals surface area contributed by atoms with Crippen LogP contribution in [0.3, 0.4) is 0 Å². The second-order valence-corrected chi connectivity index (χ2v) is 7.07. The van der Waals surface area contributed by atoms with Gasteiger partial charge in [0.15, 0.2) is 0 Å². The number of aliphatic hydroxyl groups is 1. The van der Waals surface area contributed by atoms with Crippen LogP contribution in [-0.2, 0) is 9.59 Å². The summed E-state index contributed by atoms with van der Waals surface area (Å²) in [5.74, 6) is -0.765. The number of anilines is 1. The predicted molar refractivity (Wildman–Crippen MR) is 114 cm³/mol. The normalized spacial score (nSPS) is 13.1. The summed E-state index contributed by atoms with van der Waals surface area (Å²) in [4.78, 5) is 25.8. The molecule has 2 amide bonds. The third kappa shape index (κ3) is 3.65. The summed E-state index contributed by atoms with van der Waals surface area (Å²) in [5.41, 5.74) is 4.31. The molecule has 6 heteroatoms. The molecule has 0 unspecified atom stereocenters. The van der Waals surface area contributed by atoms with Crippen molar-refractivity contribution in [1.29, 1.82) is 0 Å². The Bertz CT molecular complexity index is 1050. The fourth-order valence-corrected chi connectivity index (χ4v) is 3.82.